The zero-order valence-electron chi connectivity index (χ0n) is 10.3. The van der Waals surface area contributed by atoms with Crippen LogP contribution in [0.5, 0.6) is 0 Å². The van der Waals surface area contributed by atoms with Gasteiger partial charge in [0.1, 0.15) is 0 Å². The monoisotopic (exact) mass is 263 g/mol. The van der Waals surface area contributed by atoms with Crippen molar-refractivity contribution in [3.63, 3.8) is 0 Å². The molecule has 18 heavy (non-hydrogen) atoms. The number of pyridine rings is 1. The molecule has 2 aromatic heterocycles. The van der Waals surface area contributed by atoms with Crippen LogP contribution >= 0.6 is 11.3 Å². The fourth-order valence-electron chi connectivity index (χ4n) is 1.59. The van der Waals surface area contributed by atoms with Gasteiger partial charge in [-0.2, -0.15) is 0 Å². The highest BCUT2D eigenvalue weighted by molar-refractivity contribution is 7.09. The van der Waals surface area contributed by atoms with Crippen LogP contribution in [0, 0.1) is 0 Å². The predicted octanol–water partition coefficient (Wildman–Crippen LogP) is 1.72. The van der Waals surface area contributed by atoms with Crippen LogP contribution < -0.4 is 5.32 Å². The second kappa shape index (κ2) is 6.58. The first-order valence-electron chi connectivity index (χ1n) is 5.99. The number of aliphatic hydroxyl groups excluding tert-OH is 1. The zero-order chi connectivity index (χ0) is 12.8. The molecular weight excluding hydrogens is 246 g/mol. The van der Waals surface area contributed by atoms with E-state index in [2.05, 4.69) is 20.7 Å². The normalized spacial score (nSPS) is 12.6. The maximum atomic E-state index is 9.12. The Hall–Kier alpha value is -1.30. The van der Waals surface area contributed by atoms with E-state index in [1.165, 1.54) is 0 Å². The van der Waals surface area contributed by atoms with Crippen LogP contribution in [0.4, 0.5) is 0 Å². The number of rotatable bonds is 6. The van der Waals surface area contributed by atoms with E-state index < -0.39 is 0 Å². The van der Waals surface area contributed by atoms with Crippen LogP contribution in [0.2, 0.25) is 0 Å². The van der Waals surface area contributed by atoms with Gasteiger partial charge in [0, 0.05) is 42.8 Å². The number of thiazole rings is 1. The maximum absolute atomic E-state index is 9.12. The van der Waals surface area contributed by atoms with E-state index in [4.69, 9.17) is 5.11 Å². The first-order valence-corrected chi connectivity index (χ1v) is 6.87. The Bertz CT molecular complexity index is 470. The summed E-state index contributed by atoms with van der Waals surface area (Å²) in [6.45, 7) is 3.24. The van der Waals surface area contributed by atoms with Crippen molar-refractivity contribution in [2.45, 2.75) is 19.4 Å². The van der Waals surface area contributed by atoms with Crippen LogP contribution in [-0.2, 0) is 6.42 Å². The quantitative estimate of drug-likeness (QED) is 0.779. The van der Waals surface area contributed by atoms with Gasteiger partial charge in [-0.3, -0.25) is 4.98 Å². The molecule has 2 aromatic rings. The summed E-state index contributed by atoms with van der Waals surface area (Å²) in [4.78, 5) is 8.58. The fourth-order valence-corrected chi connectivity index (χ4v) is 2.39. The number of aromatic nitrogens is 2. The highest BCUT2D eigenvalue weighted by atomic mass is 32.1. The number of nitrogens with zero attached hydrogens (tertiary/aromatic N) is 2. The van der Waals surface area contributed by atoms with E-state index in [1.807, 2.05) is 12.1 Å². The van der Waals surface area contributed by atoms with E-state index >= 15 is 0 Å². The molecule has 0 saturated heterocycles. The third-order valence-electron chi connectivity index (χ3n) is 2.48. The van der Waals surface area contributed by atoms with Gasteiger partial charge < -0.3 is 10.4 Å². The number of aliphatic hydroxyl groups is 1. The minimum atomic E-state index is -0.298. The van der Waals surface area contributed by atoms with Crippen LogP contribution in [0.25, 0.3) is 11.3 Å². The molecule has 2 N–H and O–H groups in total. The molecule has 2 heterocycles. The molecule has 0 aromatic carbocycles. The average Bonchev–Trinajstić information content (AvgIpc) is 2.84. The van der Waals surface area contributed by atoms with Gasteiger partial charge in [-0.25, -0.2) is 4.98 Å². The third kappa shape index (κ3) is 3.87. The summed E-state index contributed by atoms with van der Waals surface area (Å²) in [6.07, 6.45) is 4.15. The van der Waals surface area contributed by atoms with Crippen molar-refractivity contribution >= 4 is 11.3 Å². The van der Waals surface area contributed by atoms with Crippen molar-refractivity contribution in [2.24, 2.45) is 0 Å². The van der Waals surface area contributed by atoms with Crippen molar-refractivity contribution in [3.8, 4) is 11.3 Å². The van der Waals surface area contributed by atoms with Gasteiger partial charge in [-0.15, -0.1) is 11.3 Å². The van der Waals surface area contributed by atoms with E-state index in [-0.39, 0.29) is 6.10 Å². The molecule has 0 saturated carbocycles. The number of nitrogens with one attached hydrogen (secondary N) is 1. The lowest BCUT2D eigenvalue weighted by Crippen LogP contribution is -2.26. The molecule has 2 rings (SSSR count). The van der Waals surface area contributed by atoms with Gasteiger partial charge in [-0.05, 0) is 19.1 Å². The molecular formula is C13H17N3OS. The fraction of sp³-hybridized carbons (Fsp3) is 0.385. The van der Waals surface area contributed by atoms with Crippen LogP contribution in [-0.4, -0.2) is 34.3 Å². The molecule has 1 unspecified atom stereocenters. The van der Waals surface area contributed by atoms with Gasteiger partial charge in [0.05, 0.1) is 16.8 Å². The molecule has 5 heteroatoms. The van der Waals surface area contributed by atoms with Gasteiger partial charge in [0.15, 0.2) is 0 Å². The lowest BCUT2D eigenvalue weighted by Gasteiger charge is -2.04. The molecule has 1 atom stereocenters. The highest BCUT2D eigenvalue weighted by Crippen LogP contribution is 2.21. The summed E-state index contributed by atoms with van der Waals surface area (Å²) < 4.78 is 0. The minimum Gasteiger partial charge on any atom is -0.392 e. The van der Waals surface area contributed by atoms with Crippen molar-refractivity contribution in [3.05, 3.63) is 34.9 Å². The van der Waals surface area contributed by atoms with Crippen LogP contribution in [0.1, 0.15) is 11.9 Å². The molecule has 0 aliphatic carbocycles. The number of hydrogen-bond acceptors (Lipinski definition) is 5. The first-order chi connectivity index (χ1) is 8.75. The summed E-state index contributed by atoms with van der Waals surface area (Å²) in [5.74, 6) is 0. The molecule has 0 bridgehead atoms. The van der Waals surface area contributed by atoms with E-state index in [0.717, 1.165) is 29.2 Å². The Labute approximate surface area is 111 Å². The maximum Gasteiger partial charge on any atom is 0.0945 e. The lowest BCUT2D eigenvalue weighted by atomic mass is 10.2. The summed E-state index contributed by atoms with van der Waals surface area (Å²) in [7, 11) is 0. The minimum absolute atomic E-state index is 0.298. The zero-order valence-corrected chi connectivity index (χ0v) is 11.2. The molecule has 96 valence electrons. The molecule has 0 amide bonds. The van der Waals surface area contributed by atoms with Gasteiger partial charge in [0.2, 0.25) is 0 Å². The molecule has 0 fully saturated rings. The Balaban J connectivity index is 1.87. The van der Waals surface area contributed by atoms with Gasteiger partial charge >= 0.3 is 0 Å². The third-order valence-corrected chi connectivity index (χ3v) is 3.39. The Kier molecular flexibility index (Phi) is 4.81. The SMILES string of the molecule is CC(O)CNCCc1nc(-c2ccncc2)cs1. The smallest absolute Gasteiger partial charge is 0.0945 e. The van der Waals surface area contributed by atoms with E-state index in [9.17, 15) is 0 Å². The highest BCUT2D eigenvalue weighted by Gasteiger charge is 2.04. The lowest BCUT2D eigenvalue weighted by molar-refractivity contribution is 0.191. The molecule has 0 radical (unpaired) electrons. The van der Waals surface area contributed by atoms with Crippen molar-refractivity contribution in [1.29, 1.82) is 0 Å². The molecule has 0 spiro atoms. The van der Waals surface area contributed by atoms with Gasteiger partial charge in [-0.1, -0.05) is 0 Å². The Morgan fingerprint density at radius 2 is 2.17 bits per heavy atom. The van der Waals surface area contributed by atoms with Crippen LogP contribution in [0.3, 0.4) is 0 Å². The van der Waals surface area contributed by atoms with Crippen LogP contribution in [0.15, 0.2) is 29.9 Å². The topological polar surface area (TPSA) is 58.0 Å². The molecule has 0 aliphatic heterocycles. The average molecular weight is 263 g/mol. The second-order valence-electron chi connectivity index (χ2n) is 4.17. The predicted molar refractivity (Wildman–Crippen MR) is 73.6 cm³/mol. The molecule has 0 aliphatic rings. The van der Waals surface area contributed by atoms with Gasteiger partial charge in [0.25, 0.3) is 0 Å². The van der Waals surface area contributed by atoms with E-state index in [0.29, 0.717) is 6.54 Å². The van der Waals surface area contributed by atoms with E-state index in [1.54, 1.807) is 30.7 Å². The summed E-state index contributed by atoms with van der Waals surface area (Å²) in [5, 5.41) is 15.5. The van der Waals surface area contributed by atoms with Crippen molar-refractivity contribution in [1.82, 2.24) is 15.3 Å². The Morgan fingerprint density at radius 1 is 1.39 bits per heavy atom. The largest absolute Gasteiger partial charge is 0.392 e. The molecule has 4 nitrogen and oxygen atoms in total. The standard InChI is InChI=1S/C13H17N3OS/c1-10(17)8-15-7-4-13-16-12(9-18-13)11-2-5-14-6-3-11/h2-3,5-6,9-10,15,17H,4,7-8H2,1H3. The summed E-state index contributed by atoms with van der Waals surface area (Å²) in [5.41, 5.74) is 2.11. The van der Waals surface area contributed by atoms with Crippen molar-refractivity contribution in [2.75, 3.05) is 13.1 Å². The summed E-state index contributed by atoms with van der Waals surface area (Å²) in [6, 6.07) is 3.93. The second-order valence-corrected chi connectivity index (χ2v) is 5.11. The first kappa shape index (κ1) is 13.1. The Morgan fingerprint density at radius 3 is 2.89 bits per heavy atom. The number of hydrogen-bond donors (Lipinski definition) is 2. The van der Waals surface area contributed by atoms with Crippen molar-refractivity contribution < 1.29 is 5.11 Å². The summed E-state index contributed by atoms with van der Waals surface area (Å²) >= 11 is 1.67.